The Kier molecular flexibility index (Phi) is 5.67. The number of hydrogen-bond donors (Lipinski definition) is 2. The number of aromatic nitrogens is 2. The highest BCUT2D eigenvalue weighted by Gasteiger charge is 2.32. The average molecular weight is 364 g/mol. The van der Waals surface area contributed by atoms with E-state index in [9.17, 15) is 4.79 Å². The van der Waals surface area contributed by atoms with Gasteiger partial charge < -0.3 is 16.0 Å². The molecule has 2 aromatic rings. The van der Waals surface area contributed by atoms with Crippen molar-refractivity contribution < 1.29 is 4.79 Å². The fourth-order valence-electron chi connectivity index (χ4n) is 3.19. The highest BCUT2D eigenvalue weighted by atomic mass is 16.1. The van der Waals surface area contributed by atoms with E-state index in [4.69, 9.17) is 11.0 Å². The molecule has 1 amide bonds. The lowest BCUT2D eigenvalue weighted by Crippen LogP contribution is -2.47. The topological polar surface area (TPSA) is 108 Å². The summed E-state index contributed by atoms with van der Waals surface area (Å²) >= 11 is 0. The summed E-state index contributed by atoms with van der Waals surface area (Å²) in [5.74, 6) is 1.09. The van der Waals surface area contributed by atoms with E-state index in [-0.39, 0.29) is 23.7 Å². The smallest absolute Gasteiger partial charge is 0.224 e. The van der Waals surface area contributed by atoms with Gasteiger partial charge in [0.2, 0.25) is 5.91 Å². The van der Waals surface area contributed by atoms with Crippen LogP contribution in [0.4, 0.5) is 5.82 Å². The molecule has 1 aromatic carbocycles. The van der Waals surface area contributed by atoms with E-state index in [1.54, 1.807) is 12.1 Å². The maximum absolute atomic E-state index is 12.4. The molecule has 27 heavy (non-hydrogen) atoms. The van der Waals surface area contributed by atoms with Gasteiger partial charge in [-0.1, -0.05) is 38.1 Å². The summed E-state index contributed by atoms with van der Waals surface area (Å²) in [5, 5.41) is 19.7. The quantitative estimate of drug-likeness (QED) is 0.829. The van der Waals surface area contributed by atoms with E-state index >= 15 is 0 Å². The Bertz CT molecular complexity index is 825. The third-order valence-electron chi connectivity index (χ3n) is 4.81. The molecule has 2 heterocycles. The van der Waals surface area contributed by atoms with Crippen LogP contribution in [0.25, 0.3) is 0 Å². The number of hydrogen-bond acceptors (Lipinski definition) is 6. The molecule has 0 unspecified atom stereocenters. The first-order valence-corrected chi connectivity index (χ1v) is 9.09. The summed E-state index contributed by atoms with van der Waals surface area (Å²) in [6.45, 7) is 5.44. The second kappa shape index (κ2) is 8.14. The van der Waals surface area contributed by atoms with Crippen LogP contribution in [0.1, 0.15) is 36.6 Å². The summed E-state index contributed by atoms with van der Waals surface area (Å²) in [4.78, 5) is 14.4. The number of anilines is 1. The first-order valence-electron chi connectivity index (χ1n) is 9.09. The summed E-state index contributed by atoms with van der Waals surface area (Å²) < 4.78 is 0. The van der Waals surface area contributed by atoms with Gasteiger partial charge in [-0.05, 0) is 29.2 Å². The second-order valence-electron chi connectivity index (χ2n) is 7.20. The summed E-state index contributed by atoms with van der Waals surface area (Å²) in [7, 11) is 0. The predicted octanol–water partition coefficient (Wildman–Crippen LogP) is 1.35. The van der Waals surface area contributed by atoms with Crippen molar-refractivity contribution >= 4 is 11.7 Å². The lowest BCUT2D eigenvalue weighted by Gasteiger charge is -2.17. The van der Waals surface area contributed by atoms with E-state index in [1.165, 1.54) is 5.56 Å². The van der Waals surface area contributed by atoms with Gasteiger partial charge in [-0.3, -0.25) is 4.79 Å². The molecule has 7 nitrogen and oxygen atoms in total. The van der Waals surface area contributed by atoms with E-state index in [1.807, 2.05) is 23.1 Å². The monoisotopic (exact) mass is 364 g/mol. The minimum Gasteiger partial charge on any atom is -0.351 e. The molecule has 1 fully saturated rings. The molecule has 7 heteroatoms. The fraction of sp³-hybridized carbons (Fsp3) is 0.400. The third-order valence-corrected chi connectivity index (χ3v) is 4.81. The van der Waals surface area contributed by atoms with Crippen LogP contribution in [0.5, 0.6) is 0 Å². The Balaban J connectivity index is 1.56. The number of carbonyl (C=O) groups is 1. The molecular weight excluding hydrogens is 340 g/mol. The number of benzene rings is 1. The standard InChI is InChI=1S/C20H24N6O/c1-13(2)15-5-3-14(4-6-15)9-20(27)23-18-12-26(11-17(18)22)19-8-7-16(10-21)24-25-19/h3-8,13,17-18H,9,11-12,22H2,1-2H3,(H,23,27)/t17-,18+/m1/s1. The molecule has 1 saturated heterocycles. The molecule has 0 aliphatic carbocycles. The molecule has 140 valence electrons. The molecule has 3 N–H and O–H groups in total. The number of nitriles is 1. The molecule has 3 rings (SSSR count). The molecule has 0 radical (unpaired) electrons. The Morgan fingerprint density at radius 3 is 2.59 bits per heavy atom. The number of rotatable bonds is 5. The van der Waals surface area contributed by atoms with Crippen molar-refractivity contribution in [3.63, 3.8) is 0 Å². The fourth-order valence-corrected chi connectivity index (χ4v) is 3.19. The van der Waals surface area contributed by atoms with Gasteiger partial charge in [-0.15, -0.1) is 10.2 Å². The largest absolute Gasteiger partial charge is 0.351 e. The highest BCUT2D eigenvalue weighted by Crippen LogP contribution is 2.18. The van der Waals surface area contributed by atoms with E-state index in [0.717, 1.165) is 5.56 Å². The van der Waals surface area contributed by atoms with Crippen LogP contribution >= 0.6 is 0 Å². The third kappa shape index (κ3) is 4.60. The molecule has 2 atom stereocenters. The molecule has 0 bridgehead atoms. The molecule has 0 spiro atoms. The molecule has 1 aliphatic rings. The van der Waals surface area contributed by atoms with Crippen LogP contribution in [0, 0.1) is 11.3 Å². The van der Waals surface area contributed by atoms with Gasteiger partial charge in [0.25, 0.3) is 0 Å². The van der Waals surface area contributed by atoms with Gasteiger partial charge in [-0.2, -0.15) is 5.26 Å². The predicted molar refractivity (Wildman–Crippen MR) is 103 cm³/mol. The van der Waals surface area contributed by atoms with E-state index < -0.39 is 0 Å². The maximum atomic E-state index is 12.4. The van der Waals surface area contributed by atoms with Crippen molar-refractivity contribution in [2.24, 2.45) is 5.73 Å². The Morgan fingerprint density at radius 1 is 1.26 bits per heavy atom. The van der Waals surface area contributed by atoms with Gasteiger partial charge in [0.1, 0.15) is 6.07 Å². The summed E-state index contributed by atoms with van der Waals surface area (Å²) in [6.07, 6.45) is 0.332. The maximum Gasteiger partial charge on any atom is 0.224 e. The molecule has 1 aliphatic heterocycles. The van der Waals surface area contributed by atoms with Crippen LogP contribution < -0.4 is 16.0 Å². The Labute approximate surface area is 159 Å². The van der Waals surface area contributed by atoms with Crippen LogP contribution in [-0.2, 0) is 11.2 Å². The van der Waals surface area contributed by atoms with Gasteiger partial charge in [0.15, 0.2) is 11.5 Å². The summed E-state index contributed by atoms with van der Waals surface area (Å²) in [6, 6.07) is 13.1. The number of nitrogens with two attached hydrogens (primary N) is 1. The van der Waals surface area contributed by atoms with Crippen molar-refractivity contribution in [3.8, 4) is 6.07 Å². The zero-order valence-electron chi connectivity index (χ0n) is 15.6. The number of nitrogens with one attached hydrogen (secondary N) is 1. The van der Waals surface area contributed by atoms with Crippen molar-refractivity contribution in [3.05, 3.63) is 53.2 Å². The van der Waals surface area contributed by atoms with Crippen molar-refractivity contribution in [2.45, 2.75) is 38.3 Å². The first kappa shape index (κ1) is 18.8. The minimum atomic E-state index is -0.185. The zero-order valence-corrected chi connectivity index (χ0v) is 15.6. The van der Waals surface area contributed by atoms with Gasteiger partial charge in [0.05, 0.1) is 12.5 Å². The molecule has 1 aromatic heterocycles. The number of carbonyl (C=O) groups excluding carboxylic acids is 1. The average Bonchev–Trinajstić information content (AvgIpc) is 3.02. The lowest BCUT2D eigenvalue weighted by atomic mass is 10.0. The van der Waals surface area contributed by atoms with Crippen molar-refractivity contribution in [2.75, 3.05) is 18.0 Å². The Morgan fingerprint density at radius 2 is 2.00 bits per heavy atom. The number of nitrogens with zero attached hydrogens (tertiary/aromatic N) is 4. The normalized spacial score (nSPS) is 19.1. The molecular formula is C20H24N6O. The minimum absolute atomic E-state index is 0.0412. The number of amides is 1. The van der Waals surface area contributed by atoms with E-state index in [2.05, 4.69) is 41.5 Å². The van der Waals surface area contributed by atoms with Crippen molar-refractivity contribution in [1.29, 1.82) is 5.26 Å². The lowest BCUT2D eigenvalue weighted by molar-refractivity contribution is -0.121. The molecule has 0 saturated carbocycles. The van der Waals surface area contributed by atoms with Gasteiger partial charge in [-0.25, -0.2) is 0 Å². The van der Waals surface area contributed by atoms with Gasteiger partial charge in [0, 0.05) is 19.1 Å². The summed E-state index contributed by atoms with van der Waals surface area (Å²) in [5.41, 5.74) is 8.72. The van der Waals surface area contributed by atoms with Gasteiger partial charge >= 0.3 is 0 Å². The van der Waals surface area contributed by atoms with Crippen LogP contribution in [-0.4, -0.2) is 41.3 Å². The first-order chi connectivity index (χ1) is 13.0. The Hall–Kier alpha value is -2.98. The van der Waals surface area contributed by atoms with Crippen LogP contribution in [0.15, 0.2) is 36.4 Å². The SMILES string of the molecule is CC(C)c1ccc(CC(=O)N[C@H]2CN(c3ccc(C#N)nn3)C[C@H]2N)cc1. The van der Waals surface area contributed by atoms with Crippen LogP contribution in [0.2, 0.25) is 0 Å². The zero-order chi connectivity index (χ0) is 19.4. The second-order valence-corrected chi connectivity index (χ2v) is 7.20. The van der Waals surface area contributed by atoms with Crippen LogP contribution in [0.3, 0.4) is 0 Å². The van der Waals surface area contributed by atoms with E-state index in [0.29, 0.717) is 31.2 Å². The van der Waals surface area contributed by atoms with Crippen molar-refractivity contribution in [1.82, 2.24) is 15.5 Å². The highest BCUT2D eigenvalue weighted by molar-refractivity contribution is 5.79.